The highest BCUT2D eigenvalue weighted by Crippen LogP contribution is 2.43. The highest BCUT2D eigenvalue weighted by molar-refractivity contribution is 6.33. The van der Waals surface area contributed by atoms with Gasteiger partial charge in [0.1, 0.15) is 5.82 Å². The summed E-state index contributed by atoms with van der Waals surface area (Å²) in [5, 5.41) is 3.90. The molecule has 3 heteroatoms. The van der Waals surface area contributed by atoms with Gasteiger partial charge in [-0.05, 0) is 47.6 Å². The standard InChI is InChI=1S/C18H19ClFN/c1-18(2)10-9-16(13-5-3-4-6-14(13)18)21-17-8-7-12(20)11-15(17)19/h3-8,11,16,21H,9-10H2,1-2H3. The van der Waals surface area contributed by atoms with Gasteiger partial charge in [-0.1, -0.05) is 49.7 Å². The molecule has 1 N–H and O–H groups in total. The first-order chi connectivity index (χ1) is 9.97. The van der Waals surface area contributed by atoms with Crippen LogP contribution in [-0.2, 0) is 5.41 Å². The molecule has 0 fully saturated rings. The van der Waals surface area contributed by atoms with Crippen LogP contribution in [0.25, 0.3) is 0 Å². The Bertz CT molecular complexity index is 666. The molecule has 0 spiro atoms. The SMILES string of the molecule is CC1(C)CCC(Nc2ccc(F)cc2Cl)c2ccccc21. The number of anilines is 1. The van der Waals surface area contributed by atoms with Crippen molar-refractivity contribution in [2.24, 2.45) is 0 Å². The summed E-state index contributed by atoms with van der Waals surface area (Å²) < 4.78 is 13.2. The zero-order valence-corrected chi connectivity index (χ0v) is 13.0. The van der Waals surface area contributed by atoms with Crippen LogP contribution in [0.4, 0.5) is 10.1 Å². The second-order valence-electron chi connectivity index (χ2n) is 6.33. The van der Waals surface area contributed by atoms with Gasteiger partial charge in [0.25, 0.3) is 0 Å². The van der Waals surface area contributed by atoms with Gasteiger partial charge in [-0.2, -0.15) is 0 Å². The summed E-state index contributed by atoms with van der Waals surface area (Å²) in [6.45, 7) is 4.57. The molecule has 0 saturated heterocycles. The van der Waals surface area contributed by atoms with E-state index in [0.717, 1.165) is 18.5 Å². The fraction of sp³-hybridized carbons (Fsp3) is 0.333. The summed E-state index contributed by atoms with van der Waals surface area (Å²) in [5.41, 5.74) is 3.68. The summed E-state index contributed by atoms with van der Waals surface area (Å²) in [7, 11) is 0. The molecule has 1 aliphatic rings. The summed E-state index contributed by atoms with van der Waals surface area (Å²) >= 11 is 6.13. The molecule has 1 atom stereocenters. The van der Waals surface area contributed by atoms with Crippen LogP contribution < -0.4 is 5.32 Å². The zero-order chi connectivity index (χ0) is 15.0. The van der Waals surface area contributed by atoms with Crippen molar-refractivity contribution in [3.8, 4) is 0 Å². The van der Waals surface area contributed by atoms with Crippen molar-refractivity contribution in [2.45, 2.75) is 38.1 Å². The second-order valence-corrected chi connectivity index (χ2v) is 6.74. The number of hydrogen-bond acceptors (Lipinski definition) is 1. The van der Waals surface area contributed by atoms with Crippen LogP contribution in [-0.4, -0.2) is 0 Å². The van der Waals surface area contributed by atoms with Gasteiger partial charge in [0.05, 0.1) is 16.8 Å². The van der Waals surface area contributed by atoms with Gasteiger partial charge in [0.15, 0.2) is 0 Å². The van der Waals surface area contributed by atoms with Gasteiger partial charge in [0.2, 0.25) is 0 Å². The molecule has 0 heterocycles. The number of halogens is 2. The second kappa shape index (κ2) is 5.34. The molecule has 2 aromatic carbocycles. The average molecular weight is 304 g/mol. The smallest absolute Gasteiger partial charge is 0.124 e. The lowest BCUT2D eigenvalue weighted by Crippen LogP contribution is -2.29. The van der Waals surface area contributed by atoms with E-state index in [4.69, 9.17) is 11.6 Å². The fourth-order valence-electron chi connectivity index (χ4n) is 3.16. The first-order valence-corrected chi connectivity index (χ1v) is 7.66. The number of hydrogen-bond donors (Lipinski definition) is 1. The lowest BCUT2D eigenvalue weighted by atomic mass is 9.71. The summed E-state index contributed by atoms with van der Waals surface area (Å²) in [4.78, 5) is 0. The van der Waals surface area contributed by atoms with Crippen LogP contribution >= 0.6 is 11.6 Å². The monoisotopic (exact) mass is 303 g/mol. The first-order valence-electron chi connectivity index (χ1n) is 7.28. The normalized spacial score (nSPS) is 19.9. The van der Waals surface area contributed by atoms with E-state index in [9.17, 15) is 4.39 Å². The number of rotatable bonds is 2. The lowest BCUT2D eigenvalue weighted by Gasteiger charge is -2.37. The molecular weight excluding hydrogens is 285 g/mol. The molecule has 2 aromatic rings. The van der Waals surface area contributed by atoms with Crippen molar-refractivity contribution in [3.63, 3.8) is 0 Å². The number of fused-ring (bicyclic) bond motifs is 1. The van der Waals surface area contributed by atoms with Crippen molar-refractivity contribution in [2.75, 3.05) is 5.32 Å². The predicted molar refractivity (Wildman–Crippen MR) is 86.5 cm³/mol. The van der Waals surface area contributed by atoms with E-state index in [2.05, 4.69) is 43.4 Å². The van der Waals surface area contributed by atoms with Gasteiger partial charge in [-0.15, -0.1) is 0 Å². The van der Waals surface area contributed by atoms with Crippen molar-refractivity contribution in [3.05, 3.63) is 64.4 Å². The van der Waals surface area contributed by atoms with Crippen molar-refractivity contribution < 1.29 is 4.39 Å². The van der Waals surface area contributed by atoms with Crippen molar-refractivity contribution in [1.82, 2.24) is 0 Å². The number of benzene rings is 2. The molecule has 0 radical (unpaired) electrons. The maximum atomic E-state index is 13.2. The van der Waals surface area contributed by atoms with Crippen LogP contribution in [0, 0.1) is 5.82 Å². The van der Waals surface area contributed by atoms with Gasteiger partial charge in [-0.25, -0.2) is 4.39 Å². The van der Waals surface area contributed by atoms with E-state index < -0.39 is 0 Å². The van der Waals surface area contributed by atoms with Gasteiger partial charge >= 0.3 is 0 Å². The minimum absolute atomic E-state index is 0.196. The Hall–Kier alpha value is -1.54. The number of nitrogens with one attached hydrogen (secondary N) is 1. The minimum Gasteiger partial charge on any atom is -0.377 e. The van der Waals surface area contributed by atoms with Crippen molar-refractivity contribution in [1.29, 1.82) is 0 Å². The molecule has 1 unspecified atom stereocenters. The fourth-order valence-corrected chi connectivity index (χ4v) is 3.38. The van der Waals surface area contributed by atoms with Crippen LogP contribution in [0.5, 0.6) is 0 Å². The Morgan fingerprint density at radius 3 is 2.71 bits per heavy atom. The molecule has 0 amide bonds. The molecule has 1 nitrogen and oxygen atoms in total. The largest absolute Gasteiger partial charge is 0.377 e. The van der Waals surface area contributed by atoms with Crippen molar-refractivity contribution >= 4 is 17.3 Å². The first kappa shape index (κ1) is 14.4. The Kier molecular flexibility index (Phi) is 3.66. The Labute approximate surface area is 130 Å². The Morgan fingerprint density at radius 1 is 1.19 bits per heavy atom. The summed E-state index contributed by atoms with van der Waals surface area (Å²) in [6.07, 6.45) is 2.15. The molecule has 3 rings (SSSR count). The van der Waals surface area contributed by atoms with Crippen LogP contribution in [0.15, 0.2) is 42.5 Å². The van der Waals surface area contributed by atoms with Gasteiger partial charge < -0.3 is 5.32 Å². The molecule has 0 aromatic heterocycles. The topological polar surface area (TPSA) is 12.0 Å². The van der Waals surface area contributed by atoms with E-state index in [-0.39, 0.29) is 17.3 Å². The highest BCUT2D eigenvalue weighted by Gasteiger charge is 2.32. The van der Waals surface area contributed by atoms with Gasteiger partial charge in [-0.3, -0.25) is 0 Å². The molecule has 110 valence electrons. The Morgan fingerprint density at radius 2 is 1.95 bits per heavy atom. The third-order valence-electron chi connectivity index (χ3n) is 4.38. The third kappa shape index (κ3) is 2.77. The molecule has 1 aliphatic carbocycles. The van der Waals surface area contributed by atoms with E-state index in [1.807, 2.05) is 0 Å². The predicted octanol–water partition coefficient (Wildman–Crippen LogP) is 5.70. The maximum Gasteiger partial charge on any atom is 0.124 e. The lowest BCUT2D eigenvalue weighted by molar-refractivity contribution is 0.406. The maximum absolute atomic E-state index is 13.2. The summed E-state index contributed by atoms with van der Waals surface area (Å²) in [6, 6.07) is 13.3. The van der Waals surface area contributed by atoms with E-state index in [1.165, 1.54) is 23.3 Å². The molecule has 0 bridgehead atoms. The average Bonchev–Trinajstić information content (AvgIpc) is 2.45. The van der Waals surface area contributed by atoms with E-state index >= 15 is 0 Å². The zero-order valence-electron chi connectivity index (χ0n) is 12.3. The molecular formula is C18H19ClFN. The Balaban J connectivity index is 1.94. The molecule has 0 aliphatic heterocycles. The quantitative estimate of drug-likeness (QED) is 0.750. The highest BCUT2D eigenvalue weighted by atomic mass is 35.5. The minimum atomic E-state index is -0.310. The van der Waals surface area contributed by atoms with Gasteiger partial charge in [0, 0.05) is 0 Å². The van der Waals surface area contributed by atoms with E-state index in [0.29, 0.717) is 5.02 Å². The van der Waals surface area contributed by atoms with E-state index in [1.54, 1.807) is 6.07 Å². The van der Waals surface area contributed by atoms with Crippen LogP contribution in [0.2, 0.25) is 5.02 Å². The summed E-state index contributed by atoms with van der Waals surface area (Å²) in [5.74, 6) is -0.310. The molecule has 21 heavy (non-hydrogen) atoms. The molecule has 0 saturated carbocycles. The van der Waals surface area contributed by atoms with Crippen LogP contribution in [0.1, 0.15) is 43.9 Å². The van der Waals surface area contributed by atoms with Crippen LogP contribution in [0.3, 0.4) is 0 Å². The third-order valence-corrected chi connectivity index (χ3v) is 4.70.